The molecule has 3 aromatic carbocycles. The molecule has 0 bridgehead atoms. The molecule has 14 nitrogen and oxygen atoms in total. The van der Waals surface area contributed by atoms with E-state index in [1.165, 1.54) is 28.4 Å². The fourth-order valence-corrected chi connectivity index (χ4v) is 11.2. The number of nitrogen functional groups attached to an aromatic ring is 1. The second kappa shape index (κ2) is 19.9. The van der Waals surface area contributed by atoms with Crippen LogP contribution in [0.3, 0.4) is 0 Å². The van der Waals surface area contributed by atoms with Crippen molar-refractivity contribution in [3.05, 3.63) is 152 Å². The number of nitrogens with two attached hydrogens (primary N) is 1. The summed E-state index contributed by atoms with van der Waals surface area (Å²) in [5.41, 5.74) is 6.39. The van der Waals surface area contributed by atoms with E-state index >= 15 is 0 Å². The Morgan fingerprint density at radius 1 is 0.968 bits per heavy atom. The van der Waals surface area contributed by atoms with E-state index in [2.05, 4.69) is 25.8 Å². The third-order valence-corrected chi connectivity index (χ3v) is 14.2. The molecular weight excluding hydrogens is 902 g/mol. The van der Waals surface area contributed by atoms with Gasteiger partial charge in [-0.2, -0.15) is 11.8 Å². The van der Waals surface area contributed by atoms with E-state index in [-0.39, 0.29) is 32.3 Å². The molecule has 5 N–H and O–H groups in total. The van der Waals surface area contributed by atoms with Crippen LogP contribution < -0.4 is 16.4 Å². The number of fused-ring (bicyclic) bond motifs is 1. The van der Waals surface area contributed by atoms with Crippen LogP contribution in [0.25, 0.3) is 0 Å². The number of halogens is 1. The van der Waals surface area contributed by atoms with Gasteiger partial charge in [0.05, 0.1) is 5.69 Å². The molecule has 0 saturated carbocycles. The summed E-state index contributed by atoms with van der Waals surface area (Å²) in [6.45, 7) is 5.77. The molecular formula is C44H42ClN7O7S4. The standard InChI is InChI=1S/C44H42ClN7O7S4/c1-43(2,3)58-42(57)48-22-23-60-24-29-30(20-13-21-47-29)62-31-25-61-39-34(38(54)52(39)35(31)40(55)56)49-37(53)33(32-36(45)63-41(46)50-32)51-59-44(26-14-7-4-8-15-26,27-16-9-5-10-17-27)28-18-11-6-12-19-28/h4-21,34,39H,22-25H2,1-3H3,(H2,46,50)(H,48,57)(H,49,53)(H,55,56)/t34-,39+/m1/s1. The van der Waals surface area contributed by atoms with Gasteiger partial charge in [0.25, 0.3) is 11.8 Å². The maximum Gasteiger partial charge on any atom is 0.407 e. The van der Waals surface area contributed by atoms with Crippen molar-refractivity contribution in [1.82, 2.24) is 25.5 Å². The molecule has 326 valence electrons. The van der Waals surface area contributed by atoms with E-state index in [9.17, 15) is 24.3 Å². The maximum absolute atomic E-state index is 14.4. The van der Waals surface area contributed by atoms with E-state index in [0.29, 0.717) is 39.6 Å². The van der Waals surface area contributed by atoms with Crippen LogP contribution in [-0.4, -0.2) is 84.6 Å². The van der Waals surface area contributed by atoms with Gasteiger partial charge in [0.2, 0.25) is 5.60 Å². The summed E-state index contributed by atoms with van der Waals surface area (Å²) in [5.74, 6) is -1.42. The quantitative estimate of drug-likeness (QED) is 0.0247. The van der Waals surface area contributed by atoms with Gasteiger partial charge in [-0.3, -0.25) is 19.5 Å². The van der Waals surface area contributed by atoms with Crippen molar-refractivity contribution in [2.75, 3.05) is 23.8 Å². The third-order valence-electron chi connectivity index (χ3n) is 9.51. The van der Waals surface area contributed by atoms with Crippen molar-refractivity contribution in [2.24, 2.45) is 5.16 Å². The smallest absolute Gasteiger partial charge is 0.407 e. The molecule has 0 radical (unpaired) electrons. The highest BCUT2D eigenvalue weighted by atomic mass is 35.5. The van der Waals surface area contributed by atoms with Gasteiger partial charge >= 0.3 is 12.1 Å². The lowest BCUT2D eigenvalue weighted by molar-refractivity contribution is -0.150. The van der Waals surface area contributed by atoms with Gasteiger partial charge in [-0.1, -0.05) is 131 Å². The number of thioether (sulfide) groups is 3. The molecule has 2 aliphatic rings. The predicted octanol–water partition coefficient (Wildman–Crippen LogP) is 7.73. The zero-order valence-corrected chi connectivity index (χ0v) is 38.2. The summed E-state index contributed by atoms with van der Waals surface area (Å²) in [5, 5.41) is 19.8. The van der Waals surface area contributed by atoms with Crippen LogP contribution >= 0.6 is 58.2 Å². The van der Waals surface area contributed by atoms with Crippen molar-refractivity contribution >= 4 is 92.9 Å². The van der Waals surface area contributed by atoms with Crippen molar-refractivity contribution in [3.63, 3.8) is 0 Å². The molecule has 0 unspecified atom stereocenters. The number of alkyl carbamates (subject to hydrolysis) is 1. The number of aromatic nitrogens is 2. The number of amides is 3. The number of pyridine rings is 1. The summed E-state index contributed by atoms with van der Waals surface area (Å²) < 4.78 is 5.36. The fourth-order valence-electron chi connectivity index (χ4n) is 6.79. The summed E-state index contributed by atoms with van der Waals surface area (Å²) in [7, 11) is 0. The molecule has 1 saturated heterocycles. The fraction of sp³-hybridized carbons (Fsp3) is 0.250. The number of carbonyl (C=O) groups excluding carboxylic acids is 3. The Morgan fingerprint density at radius 3 is 2.14 bits per heavy atom. The Balaban J connectivity index is 1.12. The number of carbonyl (C=O) groups is 4. The van der Waals surface area contributed by atoms with E-state index < -0.39 is 46.5 Å². The lowest BCUT2D eigenvalue weighted by Gasteiger charge is -2.49. The maximum atomic E-state index is 14.4. The molecule has 19 heteroatoms. The monoisotopic (exact) mass is 943 g/mol. The van der Waals surface area contributed by atoms with Crippen molar-refractivity contribution in [1.29, 1.82) is 0 Å². The van der Waals surface area contributed by atoms with E-state index in [4.69, 9.17) is 26.9 Å². The Labute approximate surface area is 385 Å². The summed E-state index contributed by atoms with van der Waals surface area (Å²) in [6, 6.07) is 30.8. The lowest BCUT2D eigenvalue weighted by Crippen LogP contribution is -2.71. The van der Waals surface area contributed by atoms with Crippen LogP contribution in [0.4, 0.5) is 9.93 Å². The SMILES string of the molecule is CC(C)(C)OC(=O)NCCSCc1ncccc1SC1=C(C(=O)O)N2C(=O)[C@@H](NC(=O)C(=NOC(c3ccccc3)(c3ccccc3)c3ccccc3)c3nc(N)sc3Cl)[C@@H]2SC1. The first kappa shape index (κ1) is 45.5. The molecule has 3 amide bonds. The van der Waals surface area contributed by atoms with E-state index in [1.54, 1.807) is 44.8 Å². The highest BCUT2D eigenvalue weighted by Gasteiger charge is 2.55. The first-order valence-electron chi connectivity index (χ1n) is 19.5. The van der Waals surface area contributed by atoms with Crippen LogP contribution in [0.1, 0.15) is 48.8 Å². The Morgan fingerprint density at radius 2 is 1.59 bits per heavy atom. The van der Waals surface area contributed by atoms with Crippen LogP contribution in [0, 0.1) is 0 Å². The molecule has 63 heavy (non-hydrogen) atoms. The number of carboxylic acid groups (broad SMARTS) is 1. The number of nitrogens with one attached hydrogen (secondary N) is 2. The van der Waals surface area contributed by atoms with Gasteiger partial charge in [-0.15, -0.1) is 11.8 Å². The highest BCUT2D eigenvalue weighted by Crippen LogP contribution is 2.46. The van der Waals surface area contributed by atoms with Crippen LogP contribution in [0.2, 0.25) is 4.34 Å². The number of β-lactam (4-membered cyclic amide) rings is 1. The van der Waals surface area contributed by atoms with E-state index in [1.807, 2.05) is 97.1 Å². The molecule has 4 heterocycles. The Bertz CT molecular complexity index is 2440. The molecule has 5 aromatic rings. The molecule has 0 spiro atoms. The molecule has 1 fully saturated rings. The predicted molar refractivity (Wildman–Crippen MR) is 249 cm³/mol. The van der Waals surface area contributed by atoms with Gasteiger partial charge in [0.15, 0.2) is 10.8 Å². The zero-order valence-electron chi connectivity index (χ0n) is 34.1. The number of oxime groups is 1. The highest BCUT2D eigenvalue weighted by molar-refractivity contribution is 8.06. The average Bonchev–Trinajstić information content (AvgIpc) is 3.61. The Hall–Kier alpha value is -5.53. The number of anilines is 1. The number of aliphatic carboxylic acids is 1. The number of benzene rings is 3. The van der Waals surface area contributed by atoms with Crippen LogP contribution in [-0.2, 0) is 35.3 Å². The zero-order chi connectivity index (χ0) is 44.7. The summed E-state index contributed by atoms with van der Waals surface area (Å²) >= 11 is 11.6. The van der Waals surface area contributed by atoms with Crippen molar-refractivity contribution in [3.8, 4) is 0 Å². The second-order valence-corrected chi connectivity index (χ2v) is 19.9. The molecule has 2 atom stereocenters. The Kier molecular flexibility index (Phi) is 14.4. The first-order valence-corrected chi connectivity index (χ1v) is 23.7. The number of thiazole rings is 1. The lowest BCUT2D eigenvalue weighted by atomic mass is 9.80. The second-order valence-electron chi connectivity index (χ2n) is 15.0. The molecule has 0 aliphatic carbocycles. The number of hydrogen-bond acceptors (Lipinski definition) is 14. The molecule has 2 aromatic heterocycles. The number of rotatable bonds is 16. The number of nitrogens with zero attached hydrogens (tertiary/aromatic N) is 4. The van der Waals surface area contributed by atoms with Gasteiger partial charge in [0, 0.05) is 56.5 Å². The van der Waals surface area contributed by atoms with Gasteiger partial charge in [-0.25, -0.2) is 14.6 Å². The number of hydrogen-bond donors (Lipinski definition) is 4. The largest absolute Gasteiger partial charge is 0.477 e. The van der Waals surface area contributed by atoms with Crippen molar-refractivity contribution < 1.29 is 33.9 Å². The molecule has 2 aliphatic heterocycles. The summed E-state index contributed by atoms with van der Waals surface area (Å²) in [6.07, 6.45) is 1.16. The first-order chi connectivity index (χ1) is 30.3. The van der Waals surface area contributed by atoms with Gasteiger partial charge in [0.1, 0.15) is 32.7 Å². The minimum atomic E-state index is -1.37. The van der Waals surface area contributed by atoms with E-state index in [0.717, 1.165) is 21.9 Å². The number of ether oxygens (including phenoxy) is 1. The van der Waals surface area contributed by atoms with Gasteiger partial charge in [-0.05, 0) is 32.9 Å². The normalized spacial score (nSPS) is 16.5. The summed E-state index contributed by atoms with van der Waals surface area (Å²) in [4.78, 5) is 71.1. The minimum absolute atomic E-state index is 0.0470. The third kappa shape index (κ3) is 10.3. The van der Waals surface area contributed by atoms with Crippen molar-refractivity contribution in [2.45, 2.75) is 54.0 Å². The van der Waals surface area contributed by atoms with Gasteiger partial charge < -0.3 is 31.0 Å². The van der Waals surface area contributed by atoms with Crippen LogP contribution in [0.5, 0.6) is 0 Å². The average molecular weight is 945 g/mol. The van der Waals surface area contributed by atoms with Crippen LogP contribution in [0.15, 0.2) is 130 Å². The minimum Gasteiger partial charge on any atom is -0.477 e. The molecule has 7 rings (SSSR count). The topological polar surface area (TPSA) is 198 Å². The number of carboxylic acids is 1.